The van der Waals surface area contributed by atoms with Crippen molar-refractivity contribution in [3.05, 3.63) is 83.2 Å². The smallest absolute Gasteiger partial charge is 0.360 e. The Labute approximate surface area is 290 Å². The Morgan fingerprint density at radius 1 is 1.02 bits per heavy atom. The molecule has 2 aromatic carbocycles. The highest BCUT2D eigenvalue weighted by molar-refractivity contribution is 6.11. The molecule has 2 unspecified atom stereocenters. The van der Waals surface area contributed by atoms with Crippen LogP contribution in [0.2, 0.25) is 0 Å². The fourth-order valence-electron chi connectivity index (χ4n) is 4.63. The molecule has 1 heterocycles. The number of rotatable bonds is 14. The van der Waals surface area contributed by atoms with Crippen LogP contribution < -0.4 is 26.8 Å². The Bertz CT molecular complexity index is 1740. The molecule has 1 fully saturated rings. The van der Waals surface area contributed by atoms with Crippen LogP contribution in [0.25, 0.3) is 17.2 Å². The molecular formula is C35H41ClN6O7. The minimum absolute atomic E-state index is 0. The molecule has 0 radical (unpaired) electrons. The number of amides is 2. The summed E-state index contributed by atoms with van der Waals surface area (Å²) < 4.78 is 16.3. The third-order valence-electron chi connectivity index (χ3n) is 7.69. The molecule has 13 nitrogen and oxygen atoms in total. The van der Waals surface area contributed by atoms with E-state index in [2.05, 4.69) is 22.2 Å². The van der Waals surface area contributed by atoms with E-state index in [4.69, 9.17) is 31.1 Å². The first-order valence-corrected chi connectivity index (χ1v) is 15.4. The van der Waals surface area contributed by atoms with Crippen LogP contribution in [0.4, 0.5) is 5.69 Å². The second kappa shape index (κ2) is 16.7. The van der Waals surface area contributed by atoms with Crippen LogP contribution >= 0.6 is 12.4 Å². The Hall–Kier alpha value is -5.27. The number of aromatic nitrogens is 1. The van der Waals surface area contributed by atoms with E-state index in [-0.39, 0.29) is 52.2 Å². The van der Waals surface area contributed by atoms with E-state index in [1.165, 1.54) is 32.2 Å². The number of esters is 2. The van der Waals surface area contributed by atoms with Crippen molar-refractivity contribution in [1.82, 2.24) is 10.3 Å². The number of nitrogens with zero attached hydrogens (tertiary/aromatic N) is 1. The highest BCUT2D eigenvalue weighted by Crippen LogP contribution is 2.35. The van der Waals surface area contributed by atoms with Crippen molar-refractivity contribution in [3.63, 3.8) is 0 Å². The van der Waals surface area contributed by atoms with Crippen LogP contribution in [0.3, 0.4) is 0 Å². The molecule has 2 atom stereocenters. The van der Waals surface area contributed by atoms with Gasteiger partial charge in [-0.1, -0.05) is 26.5 Å². The second-order valence-electron chi connectivity index (χ2n) is 11.7. The maximum atomic E-state index is 13.8. The lowest BCUT2D eigenvalue weighted by Crippen LogP contribution is -2.39. The molecule has 0 saturated heterocycles. The molecule has 7 N–H and O–H groups in total. The zero-order chi connectivity index (χ0) is 35.1. The van der Waals surface area contributed by atoms with Crippen molar-refractivity contribution < 1.29 is 33.4 Å². The summed E-state index contributed by atoms with van der Waals surface area (Å²) in [6.07, 6.45) is 2.21. The molecule has 49 heavy (non-hydrogen) atoms. The number of ether oxygens (including phenoxy) is 3. The van der Waals surface area contributed by atoms with Gasteiger partial charge < -0.3 is 36.3 Å². The summed E-state index contributed by atoms with van der Waals surface area (Å²) in [5.74, 6) is -2.41. The monoisotopic (exact) mass is 692 g/mol. The SMILES string of the molecule is C=Cc1cc(C(=O)Nc2ccc(C(=N)N)cc2)c(-c2ccc(C(=O)NCC3CC3)nc2C(=O)OC(C)OC(=O)C(N)C(C)C)cc1OC.Cl. The summed E-state index contributed by atoms with van der Waals surface area (Å²) in [7, 11) is 1.45. The van der Waals surface area contributed by atoms with Crippen LogP contribution in [-0.2, 0) is 14.3 Å². The first kappa shape index (κ1) is 38.2. The number of carbonyl (C=O) groups excluding carboxylic acids is 4. The van der Waals surface area contributed by atoms with Gasteiger partial charge in [-0.25, -0.2) is 9.78 Å². The Morgan fingerprint density at radius 2 is 1.69 bits per heavy atom. The Kier molecular flexibility index (Phi) is 13.0. The van der Waals surface area contributed by atoms with E-state index in [1.807, 2.05) is 0 Å². The van der Waals surface area contributed by atoms with Crippen molar-refractivity contribution in [1.29, 1.82) is 5.41 Å². The number of amidine groups is 1. The van der Waals surface area contributed by atoms with Crippen LogP contribution in [0.1, 0.15) is 76.1 Å². The van der Waals surface area contributed by atoms with Gasteiger partial charge in [0.05, 0.1) is 7.11 Å². The summed E-state index contributed by atoms with van der Waals surface area (Å²) in [6, 6.07) is 11.5. The average Bonchev–Trinajstić information content (AvgIpc) is 3.90. The number of halogens is 1. The van der Waals surface area contributed by atoms with E-state index in [1.54, 1.807) is 50.2 Å². The molecule has 1 aromatic heterocycles. The van der Waals surface area contributed by atoms with Gasteiger partial charge in [0.25, 0.3) is 11.8 Å². The number of nitrogens with one attached hydrogen (secondary N) is 3. The predicted octanol–water partition coefficient (Wildman–Crippen LogP) is 4.53. The van der Waals surface area contributed by atoms with Crippen LogP contribution in [0.15, 0.2) is 55.1 Å². The zero-order valence-electron chi connectivity index (χ0n) is 27.7. The van der Waals surface area contributed by atoms with Gasteiger partial charge in [-0.05, 0) is 73.2 Å². The number of carbonyl (C=O) groups is 4. The largest absolute Gasteiger partial charge is 0.496 e. The number of benzene rings is 2. The van der Waals surface area contributed by atoms with Gasteiger partial charge in [0.15, 0.2) is 5.69 Å². The minimum atomic E-state index is -1.35. The van der Waals surface area contributed by atoms with Gasteiger partial charge in [-0.15, -0.1) is 12.4 Å². The molecule has 14 heteroatoms. The summed E-state index contributed by atoms with van der Waals surface area (Å²) in [6.45, 7) is 9.15. The average molecular weight is 693 g/mol. The molecular weight excluding hydrogens is 652 g/mol. The molecule has 0 spiro atoms. The number of nitrogens with two attached hydrogens (primary N) is 2. The lowest BCUT2D eigenvalue weighted by molar-refractivity contribution is -0.168. The van der Waals surface area contributed by atoms with Crippen molar-refractivity contribution >= 4 is 53.8 Å². The lowest BCUT2D eigenvalue weighted by Gasteiger charge is -2.20. The van der Waals surface area contributed by atoms with Crippen LogP contribution in [0, 0.1) is 17.2 Å². The molecule has 260 valence electrons. The number of methoxy groups -OCH3 is 1. The van der Waals surface area contributed by atoms with E-state index in [9.17, 15) is 19.2 Å². The van der Waals surface area contributed by atoms with E-state index >= 15 is 0 Å². The van der Waals surface area contributed by atoms with Crippen molar-refractivity contribution in [2.75, 3.05) is 19.0 Å². The molecule has 0 aliphatic heterocycles. The first-order chi connectivity index (χ1) is 22.8. The fourth-order valence-corrected chi connectivity index (χ4v) is 4.63. The second-order valence-corrected chi connectivity index (χ2v) is 11.7. The van der Waals surface area contributed by atoms with E-state index < -0.39 is 36.1 Å². The summed E-state index contributed by atoms with van der Waals surface area (Å²) >= 11 is 0. The normalized spacial score (nSPS) is 13.3. The van der Waals surface area contributed by atoms with Crippen molar-refractivity contribution in [2.24, 2.45) is 23.3 Å². The van der Waals surface area contributed by atoms with Crippen molar-refractivity contribution in [3.8, 4) is 16.9 Å². The van der Waals surface area contributed by atoms with Gasteiger partial charge >= 0.3 is 11.9 Å². The third kappa shape index (κ3) is 9.64. The van der Waals surface area contributed by atoms with Gasteiger partial charge in [0.2, 0.25) is 6.29 Å². The quantitative estimate of drug-likeness (QED) is 0.0690. The highest BCUT2D eigenvalue weighted by Gasteiger charge is 2.28. The summed E-state index contributed by atoms with van der Waals surface area (Å²) in [5.41, 5.74) is 13.0. The highest BCUT2D eigenvalue weighted by atomic mass is 35.5. The number of hydrogen-bond donors (Lipinski definition) is 5. The number of pyridine rings is 1. The molecule has 1 aliphatic rings. The standard InChI is InChI=1S/C35H40N6O7.ClH/c1-6-21-15-26(32(42)40-23-11-9-22(10-12-23)31(37)38)25(16-28(21)46-5)24-13-14-27(33(43)39-17-20-7-8-20)41-30(24)35(45)48-19(4)47-34(44)29(36)18(2)3;/h6,9-16,18-20,29H,1,7-8,17,36H2,2-5H3,(H3,37,38)(H,39,43)(H,40,42);1H. The zero-order valence-corrected chi connectivity index (χ0v) is 28.5. The topological polar surface area (TPSA) is 209 Å². The molecule has 1 aliphatic carbocycles. The maximum Gasteiger partial charge on any atom is 0.360 e. The molecule has 1 saturated carbocycles. The van der Waals surface area contributed by atoms with Crippen molar-refractivity contribution in [2.45, 2.75) is 45.9 Å². The van der Waals surface area contributed by atoms with Gasteiger partial charge in [0.1, 0.15) is 23.3 Å². The molecule has 0 bridgehead atoms. The number of hydrogen-bond acceptors (Lipinski definition) is 10. The van der Waals surface area contributed by atoms with Gasteiger partial charge in [-0.2, -0.15) is 0 Å². The third-order valence-corrected chi connectivity index (χ3v) is 7.69. The van der Waals surface area contributed by atoms with Gasteiger partial charge in [-0.3, -0.25) is 19.8 Å². The summed E-state index contributed by atoms with van der Waals surface area (Å²) in [5, 5.41) is 13.2. The summed E-state index contributed by atoms with van der Waals surface area (Å²) in [4.78, 5) is 57.3. The first-order valence-electron chi connectivity index (χ1n) is 15.4. The van der Waals surface area contributed by atoms with E-state index in [0.717, 1.165) is 12.8 Å². The lowest BCUT2D eigenvalue weighted by atomic mass is 9.94. The maximum absolute atomic E-state index is 13.8. The minimum Gasteiger partial charge on any atom is -0.496 e. The Morgan fingerprint density at radius 3 is 2.27 bits per heavy atom. The molecule has 2 amide bonds. The molecule has 4 rings (SSSR count). The fraction of sp³-hybridized carbons (Fsp3) is 0.314. The van der Waals surface area contributed by atoms with Crippen LogP contribution in [-0.4, -0.2) is 60.6 Å². The number of nitrogen functional groups attached to an aromatic ring is 1. The van der Waals surface area contributed by atoms with Gasteiger partial charge in [0, 0.05) is 47.0 Å². The molecule has 3 aromatic rings. The number of anilines is 1. The van der Waals surface area contributed by atoms with Crippen LogP contribution in [0.5, 0.6) is 5.75 Å². The Balaban J connectivity index is 0.00000650. The van der Waals surface area contributed by atoms with E-state index in [0.29, 0.717) is 35.0 Å². The predicted molar refractivity (Wildman–Crippen MR) is 188 cm³/mol.